The fourth-order valence-electron chi connectivity index (χ4n) is 3.46. The number of aliphatic hydroxyl groups excluding tert-OH is 1. The molecule has 5 atom stereocenters. The summed E-state index contributed by atoms with van der Waals surface area (Å²) in [5.74, 6) is -4.51. The van der Waals surface area contributed by atoms with Crippen LogP contribution >= 0.6 is 0 Å². The van der Waals surface area contributed by atoms with Gasteiger partial charge in [0.05, 0.1) is 12.4 Å². The van der Waals surface area contributed by atoms with Crippen molar-refractivity contribution in [2.24, 2.45) is 11.5 Å². The van der Waals surface area contributed by atoms with Gasteiger partial charge in [-0.25, -0.2) is 9.78 Å². The van der Waals surface area contributed by atoms with Crippen molar-refractivity contribution in [1.82, 2.24) is 25.9 Å². The first-order valence-electron chi connectivity index (χ1n) is 11.8. The Morgan fingerprint density at radius 2 is 1.55 bits per heavy atom. The SMILES string of the molecule is CC(O)C(N)C(=O)NC(Cc1cnc[nH]1)C(=O)NC(CCC(N)=O)C(=O)NC(Cc1ccccc1)C(=O)O. The van der Waals surface area contributed by atoms with Crippen LogP contribution in [0.5, 0.6) is 0 Å². The molecule has 0 radical (unpaired) electrons. The maximum absolute atomic E-state index is 13.2. The van der Waals surface area contributed by atoms with Crippen molar-refractivity contribution in [3.63, 3.8) is 0 Å². The second-order valence-corrected chi connectivity index (χ2v) is 8.76. The number of nitrogens with zero attached hydrogens (tertiary/aromatic N) is 1. The lowest BCUT2D eigenvalue weighted by Gasteiger charge is -2.25. The van der Waals surface area contributed by atoms with Gasteiger partial charge in [-0.2, -0.15) is 0 Å². The van der Waals surface area contributed by atoms with Gasteiger partial charge in [0.25, 0.3) is 0 Å². The van der Waals surface area contributed by atoms with Gasteiger partial charge in [-0.05, 0) is 18.9 Å². The van der Waals surface area contributed by atoms with Gasteiger partial charge in [0.2, 0.25) is 23.6 Å². The van der Waals surface area contributed by atoms with E-state index in [0.717, 1.165) is 0 Å². The molecule has 0 saturated heterocycles. The van der Waals surface area contributed by atoms with E-state index in [4.69, 9.17) is 11.5 Å². The number of aromatic amines is 1. The van der Waals surface area contributed by atoms with Gasteiger partial charge in [0, 0.05) is 31.2 Å². The maximum atomic E-state index is 13.2. The summed E-state index contributed by atoms with van der Waals surface area (Å²) in [6, 6.07) is 3.38. The summed E-state index contributed by atoms with van der Waals surface area (Å²) >= 11 is 0. The standard InChI is InChI=1S/C24H33N7O7/c1-13(32)20(26)23(36)30-17(10-15-11-27-12-28-15)22(35)29-16(7-8-19(25)33)21(34)31-18(24(37)38)9-14-5-3-2-4-6-14/h2-6,11-13,16-18,20,32H,7-10,26H2,1H3,(H2,25,33)(H,27,28)(H,29,35)(H,30,36)(H,31,34)(H,37,38). The number of benzene rings is 1. The number of imidazole rings is 1. The molecule has 2 rings (SSSR count). The Balaban J connectivity index is 2.21. The summed E-state index contributed by atoms with van der Waals surface area (Å²) in [7, 11) is 0. The highest BCUT2D eigenvalue weighted by molar-refractivity contribution is 5.94. The number of primary amides is 1. The van der Waals surface area contributed by atoms with Gasteiger partial charge in [-0.3, -0.25) is 19.2 Å². The number of hydrogen-bond acceptors (Lipinski definition) is 8. The van der Waals surface area contributed by atoms with Crippen molar-refractivity contribution in [3.05, 3.63) is 54.1 Å². The Kier molecular flexibility index (Phi) is 11.4. The minimum atomic E-state index is -1.35. The molecule has 0 bridgehead atoms. The monoisotopic (exact) mass is 531 g/mol. The predicted molar refractivity (Wildman–Crippen MR) is 134 cm³/mol. The van der Waals surface area contributed by atoms with Crippen molar-refractivity contribution in [3.8, 4) is 0 Å². The molecule has 2 aromatic rings. The van der Waals surface area contributed by atoms with Crippen molar-refractivity contribution in [2.75, 3.05) is 0 Å². The number of nitrogens with one attached hydrogen (secondary N) is 4. The highest BCUT2D eigenvalue weighted by Crippen LogP contribution is 2.07. The molecule has 0 spiro atoms. The molecule has 14 nitrogen and oxygen atoms in total. The van der Waals surface area contributed by atoms with E-state index in [9.17, 15) is 34.2 Å². The lowest BCUT2D eigenvalue weighted by Crippen LogP contribution is -2.58. The van der Waals surface area contributed by atoms with Gasteiger partial charge in [0.1, 0.15) is 24.2 Å². The van der Waals surface area contributed by atoms with E-state index < -0.39 is 59.9 Å². The van der Waals surface area contributed by atoms with Crippen LogP contribution in [0.4, 0.5) is 0 Å². The number of aliphatic hydroxyl groups is 1. The Bertz CT molecular complexity index is 1090. The zero-order chi connectivity index (χ0) is 28.2. The average Bonchev–Trinajstić information content (AvgIpc) is 3.38. The molecular formula is C24H33N7O7. The van der Waals surface area contributed by atoms with Crippen LogP contribution in [0.25, 0.3) is 0 Å². The quantitative estimate of drug-likeness (QED) is 0.123. The molecule has 1 heterocycles. The molecular weight excluding hydrogens is 498 g/mol. The molecule has 0 aliphatic rings. The average molecular weight is 532 g/mol. The molecule has 5 unspecified atom stereocenters. The van der Waals surface area contributed by atoms with E-state index in [1.807, 2.05) is 0 Å². The van der Waals surface area contributed by atoms with Crippen LogP contribution in [-0.4, -0.2) is 80.1 Å². The number of amides is 4. The van der Waals surface area contributed by atoms with Crippen LogP contribution in [0, 0.1) is 0 Å². The van der Waals surface area contributed by atoms with E-state index in [2.05, 4.69) is 25.9 Å². The Morgan fingerprint density at radius 1 is 0.947 bits per heavy atom. The first-order chi connectivity index (χ1) is 18.0. The van der Waals surface area contributed by atoms with Crippen molar-refractivity contribution < 1.29 is 34.2 Å². The third-order valence-electron chi connectivity index (χ3n) is 5.64. The van der Waals surface area contributed by atoms with Gasteiger partial charge in [-0.15, -0.1) is 0 Å². The van der Waals surface area contributed by atoms with Crippen molar-refractivity contribution >= 4 is 29.6 Å². The Labute approximate surface area is 218 Å². The van der Waals surface area contributed by atoms with Crippen LogP contribution in [0.2, 0.25) is 0 Å². The van der Waals surface area contributed by atoms with E-state index >= 15 is 0 Å². The van der Waals surface area contributed by atoms with Crippen LogP contribution < -0.4 is 27.4 Å². The zero-order valence-electron chi connectivity index (χ0n) is 20.8. The van der Waals surface area contributed by atoms with Gasteiger partial charge in [-0.1, -0.05) is 30.3 Å². The summed E-state index contributed by atoms with van der Waals surface area (Å²) in [5, 5.41) is 26.5. The number of carboxylic acids is 1. The van der Waals surface area contributed by atoms with Crippen LogP contribution in [-0.2, 0) is 36.8 Å². The van der Waals surface area contributed by atoms with Crippen LogP contribution in [0.3, 0.4) is 0 Å². The van der Waals surface area contributed by atoms with Crippen molar-refractivity contribution in [2.45, 2.75) is 62.9 Å². The molecule has 0 aliphatic carbocycles. The molecule has 0 fully saturated rings. The lowest BCUT2D eigenvalue weighted by atomic mass is 10.0. The van der Waals surface area contributed by atoms with E-state index in [1.165, 1.54) is 19.4 Å². The predicted octanol–water partition coefficient (Wildman–Crippen LogP) is -2.29. The van der Waals surface area contributed by atoms with E-state index in [0.29, 0.717) is 11.3 Å². The highest BCUT2D eigenvalue weighted by atomic mass is 16.4. The second-order valence-electron chi connectivity index (χ2n) is 8.76. The summed E-state index contributed by atoms with van der Waals surface area (Å²) in [6.07, 6.45) is 1.02. The molecule has 38 heavy (non-hydrogen) atoms. The Hall–Kier alpha value is -4.30. The number of aromatic nitrogens is 2. The van der Waals surface area contributed by atoms with E-state index in [-0.39, 0.29) is 25.7 Å². The lowest BCUT2D eigenvalue weighted by molar-refractivity contribution is -0.142. The molecule has 0 aliphatic heterocycles. The first-order valence-corrected chi connectivity index (χ1v) is 11.8. The fraction of sp³-hybridized carbons (Fsp3) is 0.417. The summed E-state index contributed by atoms with van der Waals surface area (Å²) < 4.78 is 0. The molecule has 1 aromatic carbocycles. The molecule has 0 saturated carbocycles. The fourth-order valence-corrected chi connectivity index (χ4v) is 3.46. The molecule has 206 valence electrons. The topological polar surface area (TPSA) is 243 Å². The highest BCUT2D eigenvalue weighted by Gasteiger charge is 2.31. The summed E-state index contributed by atoms with van der Waals surface area (Å²) in [5.41, 5.74) is 12.0. The normalized spacial score (nSPS) is 14.8. The van der Waals surface area contributed by atoms with Gasteiger partial charge in [0.15, 0.2) is 0 Å². The largest absolute Gasteiger partial charge is 0.480 e. The molecule has 14 heteroatoms. The third-order valence-corrected chi connectivity index (χ3v) is 5.64. The molecule has 4 amide bonds. The number of H-pyrrole nitrogens is 1. The minimum absolute atomic E-state index is 0.0197. The number of carboxylic acid groups (broad SMARTS) is 1. The second kappa shape index (κ2) is 14.4. The zero-order valence-corrected chi connectivity index (χ0v) is 20.8. The van der Waals surface area contributed by atoms with Gasteiger partial charge < -0.3 is 42.6 Å². The van der Waals surface area contributed by atoms with Crippen molar-refractivity contribution in [1.29, 1.82) is 0 Å². The minimum Gasteiger partial charge on any atom is -0.480 e. The summed E-state index contributed by atoms with van der Waals surface area (Å²) in [4.78, 5) is 68.6. The number of aliphatic carboxylic acids is 1. The Morgan fingerprint density at radius 3 is 2.11 bits per heavy atom. The first kappa shape index (κ1) is 29.9. The van der Waals surface area contributed by atoms with Crippen LogP contribution in [0.15, 0.2) is 42.9 Å². The smallest absolute Gasteiger partial charge is 0.326 e. The van der Waals surface area contributed by atoms with E-state index in [1.54, 1.807) is 30.3 Å². The number of carbonyl (C=O) groups excluding carboxylic acids is 4. The van der Waals surface area contributed by atoms with Crippen LogP contribution in [0.1, 0.15) is 31.0 Å². The summed E-state index contributed by atoms with van der Waals surface area (Å²) in [6.45, 7) is 1.31. The number of nitrogens with two attached hydrogens (primary N) is 2. The number of rotatable bonds is 15. The number of carbonyl (C=O) groups is 5. The van der Waals surface area contributed by atoms with Gasteiger partial charge >= 0.3 is 5.97 Å². The number of hydrogen-bond donors (Lipinski definition) is 8. The molecule has 1 aromatic heterocycles. The molecule has 10 N–H and O–H groups in total. The maximum Gasteiger partial charge on any atom is 0.326 e. The third kappa shape index (κ3) is 9.63.